The van der Waals surface area contributed by atoms with E-state index in [0.717, 1.165) is 36.5 Å². The van der Waals surface area contributed by atoms with Crippen LogP contribution in [0.4, 0.5) is 0 Å². The maximum absolute atomic E-state index is 12.3. The minimum atomic E-state index is 0.178. The van der Waals surface area contributed by atoms with Crippen LogP contribution in [0.2, 0.25) is 0 Å². The Morgan fingerprint density at radius 2 is 2.35 bits per heavy atom. The molecule has 5 heteroatoms. The van der Waals surface area contributed by atoms with Crippen LogP contribution in [-0.4, -0.2) is 35.9 Å². The third-order valence-corrected chi connectivity index (χ3v) is 4.90. The number of aromatic nitrogens is 1. The molecule has 1 aliphatic heterocycles. The zero-order valence-electron chi connectivity index (χ0n) is 11.6. The molecule has 1 atom stereocenters. The average molecular weight is 289 g/mol. The number of carbonyl (C=O) groups excluding carboxylic acids is 1. The molecule has 106 valence electrons. The SMILES string of the molecule is CNCCC(=O)N1CCCC1c1nc2ccccc2s1. The van der Waals surface area contributed by atoms with E-state index in [1.807, 2.05) is 30.1 Å². The Kier molecular flexibility index (Phi) is 3.98. The van der Waals surface area contributed by atoms with Gasteiger partial charge >= 0.3 is 0 Å². The standard InChI is InChI=1S/C15H19N3OS/c1-16-9-8-14(19)18-10-4-6-12(18)15-17-11-5-2-3-7-13(11)20-15/h2-3,5,7,12,16H,4,6,8-10H2,1H3. The van der Waals surface area contributed by atoms with E-state index >= 15 is 0 Å². The highest BCUT2D eigenvalue weighted by molar-refractivity contribution is 7.18. The van der Waals surface area contributed by atoms with Gasteiger partial charge in [0.25, 0.3) is 0 Å². The highest BCUT2D eigenvalue weighted by Gasteiger charge is 2.31. The van der Waals surface area contributed by atoms with Gasteiger partial charge in [-0.3, -0.25) is 4.79 Å². The lowest BCUT2D eigenvalue weighted by atomic mass is 10.2. The highest BCUT2D eigenvalue weighted by Crippen LogP contribution is 2.36. The molecule has 0 aliphatic carbocycles. The molecule has 2 aromatic rings. The molecule has 1 fully saturated rings. The first kappa shape index (κ1) is 13.5. The molecule has 2 heterocycles. The lowest BCUT2D eigenvalue weighted by Gasteiger charge is -2.23. The van der Waals surface area contributed by atoms with Crippen LogP contribution in [0, 0.1) is 0 Å². The predicted octanol–water partition coefficient (Wildman–Crippen LogP) is 2.57. The number of benzene rings is 1. The predicted molar refractivity (Wildman–Crippen MR) is 81.9 cm³/mol. The molecule has 1 aliphatic rings. The fraction of sp³-hybridized carbons (Fsp3) is 0.467. The van der Waals surface area contributed by atoms with Gasteiger partial charge in [0.1, 0.15) is 5.01 Å². The highest BCUT2D eigenvalue weighted by atomic mass is 32.1. The summed E-state index contributed by atoms with van der Waals surface area (Å²) in [6.07, 6.45) is 2.68. The molecule has 20 heavy (non-hydrogen) atoms. The second kappa shape index (κ2) is 5.89. The van der Waals surface area contributed by atoms with Gasteiger partial charge in [0, 0.05) is 19.5 Å². The zero-order valence-corrected chi connectivity index (χ0v) is 12.4. The molecule has 1 aromatic carbocycles. The van der Waals surface area contributed by atoms with Crippen molar-refractivity contribution in [3.63, 3.8) is 0 Å². The first-order valence-electron chi connectivity index (χ1n) is 7.09. The summed E-state index contributed by atoms with van der Waals surface area (Å²) in [5.74, 6) is 0.237. The number of rotatable bonds is 4. The van der Waals surface area contributed by atoms with Crippen LogP contribution >= 0.6 is 11.3 Å². The Hall–Kier alpha value is -1.46. The summed E-state index contributed by atoms with van der Waals surface area (Å²) in [6, 6.07) is 8.36. The quantitative estimate of drug-likeness (QED) is 0.941. The normalized spacial score (nSPS) is 18.9. The summed E-state index contributed by atoms with van der Waals surface area (Å²) in [4.78, 5) is 19.0. The summed E-state index contributed by atoms with van der Waals surface area (Å²) in [5.41, 5.74) is 1.04. The summed E-state index contributed by atoms with van der Waals surface area (Å²) in [5, 5.41) is 4.12. The van der Waals surface area contributed by atoms with Gasteiger partial charge in [-0.2, -0.15) is 0 Å². The van der Waals surface area contributed by atoms with E-state index in [2.05, 4.69) is 11.4 Å². The van der Waals surface area contributed by atoms with Crippen LogP contribution < -0.4 is 5.32 Å². The lowest BCUT2D eigenvalue weighted by Crippen LogP contribution is -2.32. The van der Waals surface area contributed by atoms with Gasteiger partial charge in [0.15, 0.2) is 0 Å². The van der Waals surface area contributed by atoms with Crippen LogP contribution in [0.5, 0.6) is 0 Å². The van der Waals surface area contributed by atoms with Crippen molar-refractivity contribution in [3.8, 4) is 0 Å². The number of nitrogens with zero attached hydrogens (tertiary/aromatic N) is 2. The second-order valence-corrected chi connectivity index (χ2v) is 6.18. The largest absolute Gasteiger partial charge is 0.333 e. The molecule has 4 nitrogen and oxygen atoms in total. The van der Waals surface area contributed by atoms with Crippen molar-refractivity contribution < 1.29 is 4.79 Å². The van der Waals surface area contributed by atoms with Crippen LogP contribution in [0.1, 0.15) is 30.3 Å². The molecule has 1 saturated heterocycles. The van der Waals surface area contributed by atoms with Gasteiger partial charge in [0.05, 0.1) is 16.3 Å². The van der Waals surface area contributed by atoms with E-state index < -0.39 is 0 Å². The van der Waals surface area contributed by atoms with Crippen molar-refractivity contribution in [1.82, 2.24) is 15.2 Å². The fourth-order valence-corrected chi connectivity index (χ4v) is 3.85. The van der Waals surface area contributed by atoms with Crippen molar-refractivity contribution in [2.45, 2.75) is 25.3 Å². The number of amides is 1. The molecule has 1 N–H and O–H groups in total. The molecular weight excluding hydrogens is 270 g/mol. The van der Waals surface area contributed by atoms with E-state index in [4.69, 9.17) is 4.98 Å². The van der Waals surface area contributed by atoms with Gasteiger partial charge in [0.2, 0.25) is 5.91 Å². The van der Waals surface area contributed by atoms with Gasteiger partial charge in [-0.1, -0.05) is 12.1 Å². The molecule has 0 saturated carbocycles. The molecule has 1 amide bonds. The van der Waals surface area contributed by atoms with Crippen molar-refractivity contribution in [1.29, 1.82) is 0 Å². The topological polar surface area (TPSA) is 45.2 Å². The molecule has 1 aromatic heterocycles. The Bertz CT molecular complexity index is 577. The number of likely N-dealkylation sites (tertiary alicyclic amines) is 1. The average Bonchev–Trinajstić information content (AvgIpc) is 3.09. The first-order valence-corrected chi connectivity index (χ1v) is 7.91. The summed E-state index contributed by atoms with van der Waals surface area (Å²) in [6.45, 7) is 1.60. The maximum Gasteiger partial charge on any atom is 0.224 e. The third-order valence-electron chi connectivity index (χ3n) is 3.76. The van der Waals surface area contributed by atoms with Crippen molar-refractivity contribution in [2.75, 3.05) is 20.1 Å². The number of thiazole rings is 1. The molecular formula is C15H19N3OS. The second-order valence-electron chi connectivity index (χ2n) is 5.12. The van der Waals surface area contributed by atoms with Crippen LogP contribution in [-0.2, 0) is 4.79 Å². The first-order chi connectivity index (χ1) is 9.79. The zero-order chi connectivity index (χ0) is 13.9. The number of carbonyl (C=O) groups is 1. The van der Waals surface area contributed by atoms with Crippen LogP contribution in [0.15, 0.2) is 24.3 Å². The summed E-state index contributed by atoms with van der Waals surface area (Å²) in [7, 11) is 1.88. The van der Waals surface area contributed by atoms with Gasteiger partial charge < -0.3 is 10.2 Å². The van der Waals surface area contributed by atoms with E-state index in [9.17, 15) is 4.79 Å². The number of nitrogens with one attached hydrogen (secondary N) is 1. The number of hydrogen-bond donors (Lipinski definition) is 1. The molecule has 0 radical (unpaired) electrons. The number of hydrogen-bond acceptors (Lipinski definition) is 4. The van der Waals surface area contributed by atoms with Gasteiger partial charge in [-0.15, -0.1) is 11.3 Å². The van der Waals surface area contributed by atoms with E-state index in [-0.39, 0.29) is 11.9 Å². The van der Waals surface area contributed by atoms with Crippen molar-refractivity contribution in [3.05, 3.63) is 29.3 Å². The third kappa shape index (κ3) is 2.55. The van der Waals surface area contributed by atoms with E-state index in [1.165, 1.54) is 4.70 Å². The number of fused-ring (bicyclic) bond motifs is 1. The minimum absolute atomic E-state index is 0.178. The van der Waals surface area contributed by atoms with Gasteiger partial charge in [-0.05, 0) is 32.0 Å². The summed E-state index contributed by atoms with van der Waals surface area (Å²) >= 11 is 1.72. The van der Waals surface area contributed by atoms with Crippen molar-refractivity contribution >= 4 is 27.5 Å². The monoisotopic (exact) mass is 289 g/mol. The Morgan fingerprint density at radius 1 is 1.50 bits per heavy atom. The molecule has 3 rings (SSSR count). The van der Waals surface area contributed by atoms with Crippen molar-refractivity contribution in [2.24, 2.45) is 0 Å². The smallest absolute Gasteiger partial charge is 0.224 e. The molecule has 0 bridgehead atoms. The fourth-order valence-electron chi connectivity index (χ4n) is 2.73. The maximum atomic E-state index is 12.3. The van der Waals surface area contributed by atoms with E-state index in [1.54, 1.807) is 11.3 Å². The Labute approximate surface area is 122 Å². The van der Waals surface area contributed by atoms with Gasteiger partial charge in [-0.25, -0.2) is 4.98 Å². The minimum Gasteiger partial charge on any atom is -0.333 e. The van der Waals surface area contributed by atoms with E-state index in [0.29, 0.717) is 6.42 Å². The Morgan fingerprint density at radius 3 is 3.15 bits per heavy atom. The summed E-state index contributed by atoms with van der Waals surface area (Å²) < 4.78 is 1.21. The molecule has 1 unspecified atom stereocenters. The number of para-hydroxylation sites is 1. The van der Waals surface area contributed by atoms with Crippen LogP contribution in [0.25, 0.3) is 10.2 Å². The van der Waals surface area contributed by atoms with Crippen LogP contribution in [0.3, 0.4) is 0 Å². The Balaban J connectivity index is 1.82. The lowest BCUT2D eigenvalue weighted by molar-refractivity contribution is -0.132. The molecule has 0 spiro atoms.